The van der Waals surface area contributed by atoms with Crippen molar-refractivity contribution < 1.29 is 19.4 Å². The van der Waals surface area contributed by atoms with Crippen LogP contribution in [0.3, 0.4) is 0 Å². The van der Waals surface area contributed by atoms with E-state index in [9.17, 15) is 9.90 Å². The molecule has 1 aromatic carbocycles. The first-order valence-electron chi connectivity index (χ1n) is 17.3. The largest absolute Gasteiger partial charge is 0.507 e. The third-order valence-corrected chi connectivity index (χ3v) is 9.73. The first kappa shape index (κ1) is 38.4. The van der Waals surface area contributed by atoms with Gasteiger partial charge in [-0.2, -0.15) is 0 Å². The number of phenols is 1. The van der Waals surface area contributed by atoms with Gasteiger partial charge in [-0.25, -0.2) is 4.79 Å². The predicted molar refractivity (Wildman–Crippen MR) is 203 cm³/mol. The van der Waals surface area contributed by atoms with Crippen LogP contribution in [0.1, 0.15) is 103 Å². The average Bonchev–Trinajstić information content (AvgIpc) is 3.03. The van der Waals surface area contributed by atoms with E-state index in [0.717, 1.165) is 33.4 Å². The van der Waals surface area contributed by atoms with Crippen LogP contribution in [-0.4, -0.2) is 23.3 Å². The Bertz CT molecular complexity index is 1640. The number of aromatic hydroxyl groups is 1. The molecule has 1 aromatic rings. The molecule has 0 saturated carbocycles. The van der Waals surface area contributed by atoms with Gasteiger partial charge in [-0.15, -0.1) is 0 Å². The molecule has 4 heteroatoms. The van der Waals surface area contributed by atoms with E-state index in [1.165, 1.54) is 41.6 Å². The second-order valence-electron chi connectivity index (χ2n) is 14.6. The van der Waals surface area contributed by atoms with Gasteiger partial charge in [-0.05, 0) is 121 Å². The molecule has 0 radical (unpaired) electrons. The molecular formula is C44H58O4. The number of ether oxygens (including phenoxy) is 2. The zero-order valence-corrected chi connectivity index (χ0v) is 31.3. The monoisotopic (exact) mass is 650 g/mol. The molecule has 0 amide bonds. The second-order valence-corrected chi connectivity index (χ2v) is 14.6. The molecule has 1 aliphatic heterocycles. The summed E-state index contributed by atoms with van der Waals surface area (Å²) >= 11 is 0. The molecule has 0 fully saturated rings. The van der Waals surface area contributed by atoms with E-state index in [-0.39, 0.29) is 18.0 Å². The molecule has 1 atom stereocenters. The van der Waals surface area contributed by atoms with Crippen LogP contribution in [0, 0.1) is 26.2 Å². The molecule has 0 spiro atoms. The van der Waals surface area contributed by atoms with Gasteiger partial charge < -0.3 is 14.6 Å². The number of phenolic OH excluding ortho intramolecular Hbond substituents is 1. The molecule has 1 heterocycles. The van der Waals surface area contributed by atoms with E-state index in [0.29, 0.717) is 24.3 Å². The standard InChI is InChI=1S/C44H58O4/c1-30(19-14-21-32(3)24-25-39-34(5)23-16-27-43(39,9)10)17-12-13-18-31(2)20-15-22-33(4)29-47-42(46)44(11)28-26-38-37(8)40(45)35(6)36(7)41(38)48-44/h12-15,17-22,24-25,45H,16,23,26-29H2,1-11H3/b13-12+,19-14+,20-15+,25-24+,30-17+,31-18+,32-21+,33-22+. The number of hydrogen-bond acceptors (Lipinski definition) is 4. The molecule has 1 N–H and O–H groups in total. The Balaban J connectivity index is 1.48. The van der Waals surface area contributed by atoms with Crippen LogP contribution in [0.2, 0.25) is 0 Å². The van der Waals surface area contributed by atoms with Gasteiger partial charge in [0, 0.05) is 12.0 Å². The molecule has 258 valence electrons. The fraction of sp³-hybridized carbons (Fsp3) is 0.432. The fourth-order valence-corrected chi connectivity index (χ4v) is 6.29. The maximum Gasteiger partial charge on any atom is 0.350 e. The van der Waals surface area contributed by atoms with E-state index in [1.54, 1.807) is 6.92 Å². The normalized spacial score (nSPS) is 21.1. The number of hydrogen-bond donors (Lipinski definition) is 1. The molecule has 0 aromatic heterocycles. The van der Waals surface area contributed by atoms with Gasteiger partial charge in [0.2, 0.25) is 5.60 Å². The van der Waals surface area contributed by atoms with E-state index in [1.807, 2.05) is 58.1 Å². The fourth-order valence-electron chi connectivity index (χ4n) is 6.29. The van der Waals surface area contributed by atoms with Gasteiger partial charge in [0.05, 0.1) is 0 Å². The van der Waals surface area contributed by atoms with Crippen molar-refractivity contribution in [2.45, 2.75) is 114 Å². The van der Waals surface area contributed by atoms with E-state index < -0.39 is 5.60 Å². The lowest BCUT2D eigenvalue weighted by Gasteiger charge is -2.36. The summed E-state index contributed by atoms with van der Waals surface area (Å²) in [5.74, 6) is 0.627. The van der Waals surface area contributed by atoms with Crippen LogP contribution in [0.25, 0.3) is 0 Å². The molecule has 48 heavy (non-hydrogen) atoms. The third-order valence-electron chi connectivity index (χ3n) is 9.73. The lowest BCUT2D eigenvalue weighted by molar-refractivity contribution is -0.161. The summed E-state index contributed by atoms with van der Waals surface area (Å²) in [7, 11) is 0. The topological polar surface area (TPSA) is 55.8 Å². The molecular weight excluding hydrogens is 592 g/mol. The van der Waals surface area contributed by atoms with Gasteiger partial charge in [0.25, 0.3) is 0 Å². The van der Waals surface area contributed by atoms with Crippen molar-refractivity contribution in [1.29, 1.82) is 0 Å². The summed E-state index contributed by atoms with van der Waals surface area (Å²) in [4.78, 5) is 13.1. The number of rotatable bonds is 11. The Morgan fingerprint density at radius 2 is 1.35 bits per heavy atom. The smallest absolute Gasteiger partial charge is 0.350 e. The SMILES string of the molecule is CC1=C(/C=C/C(C)=C/C=C/C(C)=C/C=C/C=C(C)/C=C/C=C(\C)COC(=O)C2(C)CCc3c(C)c(O)c(C)c(C)c3O2)C(C)(C)CCC1. The minimum Gasteiger partial charge on any atom is -0.507 e. The highest BCUT2D eigenvalue weighted by Crippen LogP contribution is 2.44. The van der Waals surface area contributed by atoms with Crippen molar-refractivity contribution in [3.8, 4) is 11.5 Å². The van der Waals surface area contributed by atoms with Crippen LogP contribution >= 0.6 is 0 Å². The van der Waals surface area contributed by atoms with Crippen LogP contribution in [0.15, 0.2) is 106 Å². The average molecular weight is 651 g/mol. The Morgan fingerprint density at radius 1 is 0.771 bits per heavy atom. The Kier molecular flexibility index (Phi) is 13.5. The number of fused-ring (bicyclic) bond motifs is 1. The summed E-state index contributed by atoms with van der Waals surface area (Å²) in [6.45, 7) is 22.9. The van der Waals surface area contributed by atoms with Crippen LogP contribution in [0.4, 0.5) is 0 Å². The first-order chi connectivity index (χ1) is 22.6. The summed E-state index contributed by atoms with van der Waals surface area (Å²) in [6.07, 6.45) is 30.1. The zero-order chi connectivity index (χ0) is 35.6. The number of allylic oxidation sites excluding steroid dienone is 17. The van der Waals surface area contributed by atoms with Gasteiger partial charge >= 0.3 is 5.97 Å². The molecule has 1 unspecified atom stereocenters. The highest BCUT2D eigenvalue weighted by Gasteiger charge is 2.42. The predicted octanol–water partition coefficient (Wildman–Crippen LogP) is 11.5. The van der Waals surface area contributed by atoms with Crippen LogP contribution in [0.5, 0.6) is 11.5 Å². The van der Waals surface area contributed by atoms with Crippen molar-refractivity contribution in [2.24, 2.45) is 5.41 Å². The molecule has 3 rings (SSSR count). The lowest BCUT2D eigenvalue weighted by Crippen LogP contribution is -2.46. The number of carbonyl (C=O) groups excluding carboxylic acids is 1. The lowest BCUT2D eigenvalue weighted by atomic mass is 9.72. The summed E-state index contributed by atoms with van der Waals surface area (Å²) < 4.78 is 11.9. The summed E-state index contributed by atoms with van der Waals surface area (Å²) in [5, 5.41) is 10.4. The molecule has 0 saturated heterocycles. The van der Waals surface area contributed by atoms with Crippen molar-refractivity contribution in [1.82, 2.24) is 0 Å². The highest BCUT2D eigenvalue weighted by atomic mass is 16.6. The van der Waals surface area contributed by atoms with Gasteiger partial charge in [0.15, 0.2) is 0 Å². The van der Waals surface area contributed by atoms with Crippen molar-refractivity contribution in [3.05, 3.63) is 129 Å². The molecule has 0 bridgehead atoms. The van der Waals surface area contributed by atoms with Gasteiger partial charge in [-0.1, -0.05) is 109 Å². The Labute approximate surface area is 290 Å². The number of carbonyl (C=O) groups is 1. The quantitative estimate of drug-likeness (QED) is 0.191. The maximum absolute atomic E-state index is 13.1. The molecule has 2 aliphatic rings. The second kappa shape index (κ2) is 16.9. The maximum atomic E-state index is 13.1. The zero-order valence-electron chi connectivity index (χ0n) is 31.3. The van der Waals surface area contributed by atoms with Crippen LogP contribution in [-0.2, 0) is 16.0 Å². The number of esters is 1. The van der Waals surface area contributed by atoms with Gasteiger partial charge in [0.1, 0.15) is 18.1 Å². The minimum atomic E-state index is -1.06. The van der Waals surface area contributed by atoms with Crippen molar-refractivity contribution in [2.75, 3.05) is 6.61 Å². The van der Waals surface area contributed by atoms with E-state index >= 15 is 0 Å². The van der Waals surface area contributed by atoms with Gasteiger partial charge in [-0.3, -0.25) is 0 Å². The van der Waals surface area contributed by atoms with E-state index in [2.05, 4.69) is 84.1 Å². The molecule has 1 aliphatic carbocycles. The van der Waals surface area contributed by atoms with Crippen molar-refractivity contribution in [3.63, 3.8) is 0 Å². The Hall–Kier alpha value is -4.05. The van der Waals surface area contributed by atoms with Crippen LogP contribution < -0.4 is 4.74 Å². The number of benzene rings is 1. The summed E-state index contributed by atoms with van der Waals surface area (Å²) in [6, 6.07) is 0. The van der Waals surface area contributed by atoms with E-state index in [4.69, 9.17) is 9.47 Å². The van der Waals surface area contributed by atoms with Crippen molar-refractivity contribution >= 4 is 5.97 Å². The third kappa shape index (κ3) is 10.2. The first-order valence-corrected chi connectivity index (χ1v) is 17.3. The molecule has 4 nitrogen and oxygen atoms in total. The summed E-state index contributed by atoms with van der Waals surface area (Å²) in [5.41, 5.74) is 10.1. The minimum absolute atomic E-state index is 0.197. The highest BCUT2D eigenvalue weighted by molar-refractivity contribution is 5.80. The Morgan fingerprint density at radius 3 is 1.98 bits per heavy atom.